The second-order valence-electron chi connectivity index (χ2n) is 7.93. The lowest BCUT2D eigenvalue weighted by Crippen LogP contribution is -2.44. The molecule has 150 valence electrons. The third-order valence-electron chi connectivity index (χ3n) is 5.92. The van der Waals surface area contributed by atoms with Crippen LogP contribution in [0.3, 0.4) is 0 Å². The number of hydrogen-bond acceptors (Lipinski definition) is 5. The van der Waals surface area contributed by atoms with Gasteiger partial charge in [0.05, 0.1) is 17.0 Å². The average molecular weight is 408 g/mol. The maximum Gasteiger partial charge on any atom is 0.255 e. The SMILES string of the molecule is O=C(NC1CCC2NNCC2C1)c1cn(Cc2ccccc2)nc1-c1cccs1. The molecule has 2 aliphatic rings. The van der Waals surface area contributed by atoms with Crippen LogP contribution in [0.15, 0.2) is 54.0 Å². The second-order valence-corrected chi connectivity index (χ2v) is 8.87. The lowest BCUT2D eigenvalue weighted by atomic mass is 9.83. The first kappa shape index (κ1) is 18.5. The van der Waals surface area contributed by atoms with Crippen molar-refractivity contribution in [2.24, 2.45) is 5.92 Å². The van der Waals surface area contributed by atoms with Crippen molar-refractivity contribution in [3.8, 4) is 10.6 Å². The second kappa shape index (κ2) is 8.10. The first-order valence-electron chi connectivity index (χ1n) is 10.2. The Hall–Kier alpha value is -2.48. The fourth-order valence-corrected chi connectivity index (χ4v) is 5.15. The normalized spacial score (nSPS) is 23.7. The van der Waals surface area contributed by atoms with E-state index >= 15 is 0 Å². The van der Waals surface area contributed by atoms with Crippen molar-refractivity contribution < 1.29 is 4.79 Å². The van der Waals surface area contributed by atoms with Gasteiger partial charge in [-0.1, -0.05) is 36.4 Å². The predicted molar refractivity (Wildman–Crippen MR) is 115 cm³/mol. The molecule has 0 bridgehead atoms. The lowest BCUT2D eigenvalue weighted by molar-refractivity contribution is 0.0919. The molecular formula is C22H25N5OS. The van der Waals surface area contributed by atoms with Crippen LogP contribution in [0.5, 0.6) is 0 Å². The smallest absolute Gasteiger partial charge is 0.255 e. The van der Waals surface area contributed by atoms with E-state index in [0.717, 1.165) is 36.4 Å². The van der Waals surface area contributed by atoms with E-state index in [-0.39, 0.29) is 11.9 Å². The molecule has 0 spiro atoms. The van der Waals surface area contributed by atoms with Gasteiger partial charge in [-0.2, -0.15) is 5.10 Å². The molecule has 6 nitrogen and oxygen atoms in total. The molecule has 2 aromatic heterocycles. The Kier molecular flexibility index (Phi) is 5.18. The number of carbonyl (C=O) groups is 1. The van der Waals surface area contributed by atoms with Gasteiger partial charge in [0.1, 0.15) is 5.69 Å². The summed E-state index contributed by atoms with van der Waals surface area (Å²) in [6.07, 6.45) is 5.01. The third kappa shape index (κ3) is 3.99. The summed E-state index contributed by atoms with van der Waals surface area (Å²) in [5, 5.41) is 10.1. The highest BCUT2D eigenvalue weighted by molar-refractivity contribution is 7.13. The zero-order valence-corrected chi connectivity index (χ0v) is 17.0. The Balaban J connectivity index is 1.37. The highest BCUT2D eigenvalue weighted by Crippen LogP contribution is 2.29. The molecule has 1 saturated carbocycles. The summed E-state index contributed by atoms with van der Waals surface area (Å²) in [7, 11) is 0. The largest absolute Gasteiger partial charge is 0.349 e. The number of thiophene rings is 1. The van der Waals surface area contributed by atoms with Crippen molar-refractivity contribution in [1.29, 1.82) is 0 Å². The minimum Gasteiger partial charge on any atom is -0.349 e. The highest BCUT2D eigenvalue weighted by Gasteiger charge is 2.34. The van der Waals surface area contributed by atoms with Gasteiger partial charge in [-0.05, 0) is 42.2 Å². The molecule has 3 heterocycles. The van der Waals surface area contributed by atoms with Crippen LogP contribution in [0, 0.1) is 5.92 Å². The lowest BCUT2D eigenvalue weighted by Gasteiger charge is -2.31. The Morgan fingerprint density at radius 2 is 2.10 bits per heavy atom. The number of amides is 1. The molecule has 1 aromatic carbocycles. The molecule has 3 N–H and O–H groups in total. The van der Waals surface area contributed by atoms with Gasteiger partial charge in [0.15, 0.2) is 0 Å². The monoisotopic (exact) mass is 407 g/mol. The molecule has 1 amide bonds. The number of benzene rings is 1. The zero-order chi connectivity index (χ0) is 19.6. The number of rotatable bonds is 5. The van der Waals surface area contributed by atoms with Gasteiger partial charge in [-0.25, -0.2) is 0 Å². The first-order valence-corrected chi connectivity index (χ1v) is 11.1. The molecule has 3 unspecified atom stereocenters. The maximum atomic E-state index is 13.2. The van der Waals surface area contributed by atoms with Crippen LogP contribution < -0.4 is 16.2 Å². The first-order chi connectivity index (χ1) is 14.3. The van der Waals surface area contributed by atoms with Gasteiger partial charge < -0.3 is 5.32 Å². The van der Waals surface area contributed by atoms with Crippen molar-refractivity contribution in [1.82, 2.24) is 25.9 Å². The molecule has 7 heteroatoms. The van der Waals surface area contributed by atoms with Crippen molar-refractivity contribution in [2.75, 3.05) is 6.54 Å². The molecule has 1 saturated heterocycles. The molecule has 1 aliphatic carbocycles. The summed E-state index contributed by atoms with van der Waals surface area (Å²) < 4.78 is 1.88. The fourth-order valence-electron chi connectivity index (χ4n) is 4.43. The minimum atomic E-state index is -0.0184. The van der Waals surface area contributed by atoms with Crippen LogP contribution >= 0.6 is 11.3 Å². The van der Waals surface area contributed by atoms with E-state index in [1.807, 2.05) is 46.6 Å². The molecule has 3 aromatic rings. The van der Waals surface area contributed by atoms with E-state index < -0.39 is 0 Å². The Labute approximate surface area is 174 Å². The molecular weight excluding hydrogens is 382 g/mol. The van der Waals surface area contributed by atoms with Crippen LogP contribution in [0.4, 0.5) is 0 Å². The topological polar surface area (TPSA) is 71.0 Å². The number of carbonyl (C=O) groups excluding carboxylic acids is 1. The van der Waals surface area contributed by atoms with Crippen LogP contribution in [0.1, 0.15) is 35.2 Å². The van der Waals surface area contributed by atoms with Gasteiger partial charge in [0, 0.05) is 24.8 Å². The van der Waals surface area contributed by atoms with E-state index in [2.05, 4.69) is 28.3 Å². The molecule has 0 radical (unpaired) electrons. The van der Waals surface area contributed by atoms with E-state index in [0.29, 0.717) is 24.1 Å². The number of nitrogens with one attached hydrogen (secondary N) is 3. The van der Waals surface area contributed by atoms with Crippen LogP contribution in [-0.4, -0.2) is 34.3 Å². The van der Waals surface area contributed by atoms with Crippen LogP contribution in [0.2, 0.25) is 0 Å². The van der Waals surface area contributed by atoms with Gasteiger partial charge in [-0.15, -0.1) is 11.3 Å². The zero-order valence-electron chi connectivity index (χ0n) is 16.2. The minimum absolute atomic E-state index is 0.0184. The van der Waals surface area contributed by atoms with Crippen LogP contribution in [-0.2, 0) is 6.54 Å². The molecule has 29 heavy (non-hydrogen) atoms. The van der Waals surface area contributed by atoms with Crippen molar-refractivity contribution in [2.45, 2.75) is 37.9 Å². The number of aromatic nitrogens is 2. The third-order valence-corrected chi connectivity index (χ3v) is 6.79. The predicted octanol–water partition coefficient (Wildman–Crippen LogP) is 3.03. The number of nitrogens with zero attached hydrogens (tertiary/aromatic N) is 2. The van der Waals surface area contributed by atoms with Crippen molar-refractivity contribution >= 4 is 17.2 Å². The highest BCUT2D eigenvalue weighted by atomic mass is 32.1. The molecule has 2 fully saturated rings. The Morgan fingerprint density at radius 3 is 2.93 bits per heavy atom. The van der Waals surface area contributed by atoms with E-state index in [1.165, 1.54) is 5.56 Å². The number of hydrogen-bond donors (Lipinski definition) is 3. The summed E-state index contributed by atoms with van der Waals surface area (Å²) >= 11 is 1.61. The maximum absolute atomic E-state index is 13.2. The van der Waals surface area contributed by atoms with Gasteiger partial charge >= 0.3 is 0 Å². The van der Waals surface area contributed by atoms with Gasteiger partial charge in [0.2, 0.25) is 0 Å². The van der Waals surface area contributed by atoms with E-state index in [9.17, 15) is 4.79 Å². The van der Waals surface area contributed by atoms with E-state index in [1.54, 1.807) is 11.3 Å². The van der Waals surface area contributed by atoms with Gasteiger partial charge in [-0.3, -0.25) is 20.3 Å². The summed E-state index contributed by atoms with van der Waals surface area (Å²) in [5.41, 5.74) is 9.19. The fraction of sp³-hybridized carbons (Fsp3) is 0.364. The van der Waals surface area contributed by atoms with Crippen LogP contribution in [0.25, 0.3) is 10.6 Å². The summed E-state index contributed by atoms with van der Waals surface area (Å²) in [6, 6.07) is 15.0. The quantitative estimate of drug-likeness (QED) is 0.608. The summed E-state index contributed by atoms with van der Waals surface area (Å²) in [4.78, 5) is 14.2. The van der Waals surface area contributed by atoms with E-state index in [4.69, 9.17) is 5.10 Å². The molecule has 3 atom stereocenters. The Morgan fingerprint density at radius 1 is 1.21 bits per heavy atom. The number of hydrazine groups is 1. The van der Waals surface area contributed by atoms with Crippen molar-refractivity contribution in [3.05, 3.63) is 65.2 Å². The number of fused-ring (bicyclic) bond motifs is 1. The molecule has 5 rings (SSSR count). The molecule has 1 aliphatic heterocycles. The van der Waals surface area contributed by atoms with Crippen molar-refractivity contribution in [3.63, 3.8) is 0 Å². The summed E-state index contributed by atoms with van der Waals surface area (Å²) in [6.45, 7) is 1.63. The van der Waals surface area contributed by atoms with Gasteiger partial charge in [0.25, 0.3) is 5.91 Å². The summed E-state index contributed by atoms with van der Waals surface area (Å²) in [5.74, 6) is 0.571. The standard InChI is InChI=1S/C22H25N5OS/c28-22(24-17-8-9-19-16(11-17)12-23-25-19)18-14-27(13-15-5-2-1-3-6-15)26-21(18)20-7-4-10-29-20/h1-7,10,14,16-17,19,23,25H,8-9,11-13H2,(H,24,28). The Bertz CT molecular complexity index is 969. The average Bonchev–Trinajstić information content (AvgIpc) is 3.48.